The van der Waals surface area contributed by atoms with Crippen molar-refractivity contribution in [2.45, 2.75) is 18.9 Å². The Labute approximate surface area is 116 Å². The van der Waals surface area contributed by atoms with Gasteiger partial charge in [-0.05, 0) is 18.1 Å². The summed E-state index contributed by atoms with van der Waals surface area (Å²) in [6.45, 7) is 1.49. The Morgan fingerprint density at radius 1 is 1.47 bits per heavy atom. The summed E-state index contributed by atoms with van der Waals surface area (Å²) in [4.78, 5) is 13.8. The van der Waals surface area contributed by atoms with Crippen molar-refractivity contribution in [2.24, 2.45) is 5.73 Å². The van der Waals surface area contributed by atoms with Crippen LogP contribution in [0.5, 0.6) is 0 Å². The zero-order chi connectivity index (χ0) is 11.5. The van der Waals surface area contributed by atoms with Gasteiger partial charge in [0.2, 0.25) is 5.91 Å². The molecule has 94 valence electrons. The fraction of sp³-hybridized carbons (Fsp3) is 0.417. The van der Waals surface area contributed by atoms with Gasteiger partial charge in [-0.2, -0.15) is 0 Å². The lowest BCUT2D eigenvalue weighted by Gasteiger charge is -2.16. The molecule has 1 saturated heterocycles. The van der Waals surface area contributed by atoms with Gasteiger partial charge in [0.15, 0.2) is 0 Å². The minimum atomic E-state index is 0. The second kappa shape index (κ2) is 6.38. The standard InChI is InChI=1S/C12H15BrN2O.ClH/c13-11-4-2-1-3-9(11)7-12(16)15-6-5-10(14)8-15;/h1-4,10H,5-8,14H2;1H/t10-;/m1./s1. The lowest BCUT2D eigenvalue weighted by Crippen LogP contribution is -2.32. The number of benzene rings is 1. The van der Waals surface area contributed by atoms with Crippen LogP contribution in [-0.2, 0) is 11.2 Å². The summed E-state index contributed by atoms with van der Waals surface area (Å²) in [5, 5.41) is 0. The summed E-state index contributed by atoms with van der Waals surface area (Å²) in [5.74, 6) is 0.167. The van der Waals surface area contributed by atoms with Gasteiger partial charge >= 0.3 is 0 Å². The molecule has 2 rings (SSSR count). The maximum atomic E-state index is 12.0. The first kappa shape index (κ1) is 14.5. The molecule has 1 aromatic rings. The Bertz CT molecular complexity index is 400. The van der Waals surface area contributed by atoms with E-state index >= 15 is 0 Å². The predicted octanol–water partition coefficient (Wildman–Crippen LogP) is 1.97. The first-order valence-corrected chi connectivity index (χ1v) is 6.23. The minimum absolute atomic E-state index is 0. The van der Waals surface area contributed by atoms with E-state index in [-0.39, 0.29) is 24.4 Å². The van der Waals surface area contributed by atoms with Crippen molar-refractivity contribution in [3.05, 3.63) is 34.3 Å². The van der Waals surface area contributed by atoms with Crippen LogP contribution in [0, 0.1) is 0 Å². The molecule has 2 N–H and O–H groups in total. The maximum Gasteiger partial charge on any atom is 0.227 e. The van der Waals surface area contributed by atoms with E-state index < -0.39 is 0 Å². The highest BCUT2D eigenvalue weighted by molar-refractivity contribution is 9.10. The molecule has 3 nitrogen and oxygen atoms in total. The van der Waals surface area contributed by atoms with Crippen LogP contribution in [-0.4, -0.2) is 29.9 Å². The van der Waals surface area contributed by atoms with Crippen LogP contribution in [0.1, 0.15) is 12.0 Å². The molecule has 1 aromatic carbocycles. The Kier molecular flexibility index (Phi) is 5.43. The maximum absolute atomic E-state index is 12.0. The first-order valence-electron chi connectivity index (χ1n) is 5.43. The Morgan fingerprint density at radius 3 is 2.76 bits per heavy atom. The van der Waals surface area contributed by atoms with Gasteiger partial charge < -0.3 is 10.6 Å². The summed E-state index contributed by atoms with van der Waals surface area (Å²) < 4.78 is 0.992. The molecule has 1 heterocycles. The van der Waals surface area contributed by atoms with Gasteiger partial charge in [-0.3, -0.25) is 4.79 Å². The second-order valence-electron chi connectivity index (χ2n) is 4.16. The van der Waals surface area contributed by atoms with E-state index in [0.29, 0.717) is 13.0 Å². The lowest BCUT2D eigenvalue weighted by molar-refractivity contribution is -0.129. The zero-order valence-corrected chi connectivity index (χ0v) is 11.8. The molecular weight excluding hydrogens is 304 g/mol. The topological polar surface area (TPSA) is 46.3 Å². The molecule has 1 fully saturated rings. The number of rotatable bonds is 2. The molecule has 0 aromatic heterocycles. The van der Waals surface area contributed by atoms with Crippen LogP contribution in [0.15, 0.2) is 28.7 Å². The van der Waals surface area contributed by atoms with Crippen LogP contribution in [0.4, 0.5) is 0 Å². The van der Waals surface area contributed by atoms with Crippen molar-refractivity contribution in [1.82, 2.24) is 4.90 Å². The number of hydrogen-bond acceptors (Lipinski definition) is 2. The number of carbonyl (C=O) groups excluding carboxylic acids is 1. The van der Waals surface area contributed by atoms with E-state index in [1.54, 1.807) is 0 Å². The van der Waals surface area contributed by atoms with Crippen molar-refractivity contribution >= 4 is 34.2 Å². The van der Waals surface area contributed by atoms with Crippen molar-refractivity contribution in [3.8, 4) is 0 Å². The highest BCUT2D eigenvalue weighted by Crippen LogP contribution is 2.18. The highest BCUT2D eigenvalue weighted by atomic mass is 79.9. The van der Waals surface area contributed by atoms with Gasteiger partial charge in [-0.1, -0.05) is 34.1 Å². The summed E-state index contributed by atoms with van der Waals surface area (Å²) in [6.07, 6.45) is 1.37. The molecule has 1 atom stereocenters. The molecule has 0 aliphatic carbocycles. The van der Waals surface area contributed by atoms with E-state index in [4.69, 9.17) is 5.73 Å². The van der Waals surface area contributed by atoms with Gasteiger partial charge in [-0.25, -0.2) is 0 Å². The smallest absolute Gasteiger partial charge is 0.227 e. The molecular formula is C12H16BrClN2O. The van der Waals surface area contributed by atoms with Crippen LogP contribution < -0.4 is 5.73 Å². The minimum Gasteiger partial charge on any atom is -0.341 e. The molecule has 0 bridgehead atoms. The van der Waals surface area contributed by atoms with Gasteiger partial charge in [-0.15, -0.1) is 12.4 Å². The number of hydrogen-bond donors (Lipinski definition) is 1. The SMILES string of the molecule is Cl.N[C@@H]1CCN(C(=O)Cc2ccccc2Br)C1. The van der Waals surface area contributed by atoms with E-state index in [1.807, 2.05) is 29.2 Å². The molecule has 0 radical (unpaired) electrons. The normalized spacial score (nSPS) is 18.9. The summed E-state index contributed by atoms with van der Waals surface area (Å²) >= 11 is 3.45. The summed E-state index contributed by atoms with van der Waals surface area (Å²) in [6, 6.07) is 7.98. The van der Waals surface area contributed by atoms with Crippen molar-refractivity contribution in [3.63, 3.8) is 0 Å². The number of nitrogens with zero attached hydrogens (tertiary/aromatic N) is 1. The van der Waals surface area contributed by atoms with Gasteiger partial charge in [0.25, 0.3) is 0 Å². The molecule has 1 amide bonds. The first-order chi connectivity index (χ1) is 7.66. The van der Waals surface area contributed by atoms with Gasteiger partial charge in [0.05, 0.1) is 6.42 Å². The van der Waals surface area contributed by atoms with Crippen LogP contribution in [0.25, 0.3) is 0 Å². The lowest BCUT2D eigenvalue weighted by atomic mass is 10.1. The molecule has 0 spiro atoms. The second-order valence-corrected chi connectivity index (χ2v) is 5.01. The number of halogens is 2. The third kappa shape index (κ3) is 3.69. The molecule has 1 aliphatic rings. The summed E-state index contributed by atoms with van der Waals surface area (Å²) in [7, 11) is 0. The van der Waals surface area contributed by atoms with Crippen LogP contribution in [0.3, 0.4) is 0 Å². The van der Waals surface area contributed by atoms with Crippen LogP contribution >= 0.6 is 28.3 Å². The fourth-order valence-corrected chi connectivity index (χ4v) is 2.36. The summed E-state index contributed by atoms with van der Waals surface area (Å²) in [5.41, 5.74) is 6.82. The van der Waals surface area contributed by atoms with Crippen molar-refractivity contribution < 1.29 is 4.79 Å². The van der Waals surface area contributed by atoms with Crippen molar-refractivity contribution in [2.75, 3.05) is 13.1 Å². The predicted molar refractivity (Wildman–Crippen MR) is 74.3 cm³/mol. The van der Waals surface area contributed by atoms with Gasteiger partial charge in [0.1, 0.15) is 0 Å². The quantitative estimate of drug-likeness (QED) is 0.906. The Hall–Kier alpha value is -0.580. The Morgan fingerprint density at radius 2 is 2.18 bits per heavy atom. The largest absolute Gasteiger partial charge is 0.341 e. The zero-order valence-electron chi connectivity index (χ0n) is 9.43. The van der Waals surface area contributed by atoms with E-state index in [1.165, 1.54) is 0 Å². The molecule has 1 aliphatic heterocycles. The van der Waals surface area contributed by atoms with Crippen LogP contribution in [0.2, 0.25) is 0 Å². The number of amides is 1. The average Bonchev–Trinajstić information content (AvgIpc) is 2.68. The van der Waals surface area contributed by atoms with E-state index in [9.17, 15) is 4.79 Å². The van der Waals surface area contributed by atoms with E-state index in [2.05, 4.69) is 15.9 Å². The Balaban J connectivity index is 0.00000144. The number of nitrogens with two attached hydrogens (primary N) is 1. The highest BCUT2D eigenvalue weighted by Gasteiger charge is 2.23. The monoisotopic (exact) mass is 318 g/mol. The number of carbonyl (C=O) groups is 1. The average molecular weight is 320 g/mol. The van der Waals surface area contributed by atoms with Crippen molar-refractivity contribution in [1.29, 1.82) is 0 Å². The van der Waals surface area contributed by atoms with E-state index in [0.717, 1.165) is 23.0 Å². The molecule has 0 saturated carbocycles. The van der Waals surface area contributed by atoms with Gasteiger partial charge in [0, 0.05) is 23.6 Å². The molecule has 17 heavy (non-hydrogen) atoms. The third-order valence-corrected chi connectivity index (χ3v) is 3.65. The molecule has 5 heteroatoms. The number of likely N-dealkylation sites (tertiary alicyclic amines) is 1. The third-order valence-electron chi connectivity index (χ3n) is 2.88. The fourth-order valence-electron chi connectivity index (χ4n) is 1.93. The molecule has 0 unspecified atom stereocenters.